The molecule has 1 aromatic rings. The third kappa shape index (κ3) is 5.87. The van der Waals surface area contributed by atoms with Gasteiger partial charge >= 0.3 is 6.09 Å². The van der Waals surface area contributed by atoms with Crippen LogP contribution >= 0.6 is 15.9 Å². The number of rotatable bonds is 6. The maximum absolute atomic E-state index is 13.4. The average Bonchev–Trinajstić information content (AvgIpc) is 3.29. The van der Waals surface area contributed by atoms with E-state index in [9.17, 15) is 9.59 Å². The van der Waals surface area contributed by atoms with Gasteiger partial charge in [-0.2, -0.15) is 0 Å². The summed E-state index contributed by atoms with van der Waals surface area (Å²) in [6.07, 6.45) is 2.93. The number of halogens is 1. The summed E-state index contributed by atoms with van der Waals surface area (Å²) in [7, 11) is 0. The molecule has 3 fully saturated rings. The van der Waals surface area contributed by atoms with Gasteiger partial charge in [0.2, 0.25) is 5.91 Å². The number of morpholine rings is 1. The van der Waals surface area contributed by atoms with Crippen molar-refractivity contribution in [3.63, 3.8) is 0 Å². The van der Waals surface area contributed by atoms with Gasteiger partial charge in [-0.25, -0.2) is 9.78 Å². The molecule has 4 rings (SSSR count). The van der Waals surface area contributed by atoms with Crippen molar-refractivity contribution in [3.05, 3.63) is 22.3 Å². The van der Waals surface area contributed by atoms with Crippen molar-refractivity contribution in [2.75, 3.05) is 38.2 Å². The van der Waals surface area contributed by atoms with Gasteiger partial charge in [0.15, 0.2) is 0 Å². The lowest BCUT2D eigenvalue weighted by Crippen LogP contribution is -2.47. The Balaban J connectivity index is 1.42. The number of fused-ring (bicyclic) bond motifs is 1. The highest BCUT2D eigenvalue weighted by molar-refractivity contribution is 9.10. The van der Waals surface area contributed by atoms with Crippen LogP contribution in [0.25, 0.3) is 0 Å². The first-order valence-corrected chi connectivity index (χ1v) is 12.6. The molecule has 0 aromatic carbocycles. The number of nitrogens with one attached hydrogen (secondary N) is 1. The molecule has 1 aliphatic carbocycles. The lowest BCUT2D eigenvalue weighted by Gasteiger charge is -2.30. The summed E-state index contributed by atoms with van der Waals surface area (Å²) >= 11 is 3.42. The standard InChI is InChI=1S/C24H35BrN4O4/c1-23(2,3)33-22(31)29-17(14-24(4)15-18(24)29)21(30)27-20-16(7-8-19(25)26-20)6-5-9-28-10-12-32-13-11-28/h7-8,17-18H,5-6,9-15H2,1-4H3,(H,26,27,30)/t17-,18+,24-/m0/s1. The molecule has 3 atom stereocenters. The Labute approximate surface area is 204 Å². The molecule has 2 aliphatic heterocycles. The number of likely N-dealkylation sites (tertiary alicyclic amines) is 1. The molecule has 1 aromatic heterocycles. The monoisotopic (exact) mass is 522 g/mol. The van der Waals surface area contributed by atoms with Crippen molar-refractivity contribution in [1.82, 2.24) is 14.8 Å². The van der Waals surface area contributed by atoms with E-state index in [4.69, 9.17) is 9.47 Å². The molecule has 2 saturated heterocycles. The molecular formula is C24H35BrN4O4. The Morgan fingerprint density at radius 1 is 1.27 bits per heavy atom. The third-order valence-electron chi connectivity index (χ3n) is 6.75. The SMILES string of the molecule is CC(C)(C)OC(=O)N1[C@H](C(=O)Nc2nc(Br)ccc2CCCN2CCOCC2)C[C@@]2(C)C[C@@H]12. The lowest BCUT2D eigenvalue weighted by molar-refractivity contribution is -0.121. The number of aromatic nitrogens is 1. The van der Waals surface area contributed by atoms with Crippen molar-refractivity contribution in [3.8, 4) is 0 Å². The molecule has 3 heterocycles. The highest BCUT2D eigenvalue weighted by Gasteiger charge is 2.65. The minimum absolute atomic E-state index is 0.00933. The number of hydrogen-bond donors (Lipinski definition) is 1. The number of aryl methyl sites for hydroxylation is 1. The highest BCUT2D eigenvalue weighted by atomic mass is 79.9. The van der Waals surface area contributed by atoms with Crippen LogP contribution in [0.4, 0.5) is 10.6 Å². The molecule has 2 amide bonds. The number of carbonyl (C=O) groups excluding carboxylic acids is 2. The molecule has 182 valence electrons. The zero-order valence-electron chi connectivity index (χ0n) is 20.0. The van der Waals surface area contributed by atoms with Gasteiger partial charge in [-0.15, -0.1) is 0 Å². The highest BCUT2D eigenvalue weighted by Crippen LogP contribution is 2.59. The Kier molecular flexibility index (Phi) is 7.03. The molecule has 1 N–H and O–H groups in total. The van der Waals surface area contributed by atoms with Crippen LogP contribution < -0.4 is 5.32 Å². The van der Waals surface area contributed by atoms with Gasteiger partial charge in [-0.05, 0) is 86.0 Å². The van der Waals surface area contributed by atoms with E-state index >= 15 is 0 Å². The number of carbonyl (C=O) groups is 2. The van der Waals surface area contributed by atoms with Gasteiger partial charge in [-0.1, -0.05) is 13.0 Å². The maximum atomic E-state index is 13.4. The molecule has 0 spiro atoms. The summed E-state index contributed by atoms with van der Waals surface area (Å²) in [6, 6.07) is 3.42. The van der Waals surface area contributed by atoms with Crippen molar-refractivity contribution in [2.24, 2.45) is 5.41 Å². The first-order valence-electron chi connectivity index (χ1n) is 11.8. The van der Waals surface area contributed by atoms with E-state index in [1.54, 1.807) is 4.90 Å². The number of ether oxygens (including phenoxy) is 2. The second-order valence-electron chi connectivity index (χ2n) is 10.7. The van der Waals surface area contributed by atoms with Gasteiger partial charge in [0.1, 0.15) is 22.1 Å². The van der Waals surface area contributed by atoms with Crippen molar-refractivity contribution in [2.45, 2.75) is 71.1 Å². The molecule has 8 nitrogen and oxygen atoms in total. The predicted octanol–water partition coefficient (Wildman–Crippen LogP) is 3.84. The quantitative estimate of drug-likeness (QED) is 0.571. The average molecular weight is 523 g/mol. The molecule has 0 bridgehead atoms. The van der Waals surface area contributed by atoms with Crippen LogP contribution in [-0.4, -0.2) is 77.3 Å². The summed E-state index contributed by atoms with van der Waals surface area (Å²) in [5.74, 6) is 0.362. The third-order valence-corrected chi connectivity index (χ3v) is 7.19. The molecule has 3 aliphatic rings. The molecule has 1 saturated carbocycles. The lowest BCUT2D eigenvalue weighted by atomic mass is 10.0. The van der Waals surface area contributed by atoms with Gasteiger partial charge < -0.3 is 14.8 Å². The van der Waals surface area contributed by atoms with Crippen molar-refractivity contribution >= 4 is 33.7 Å². The zero-order chi connectivity index (χ0) is 23.8. The zero-order valence-corrected chi connectivity index (χ0v) is 21.6. The van der Waals surface area contributed by atoms with E-state index in [2.05, 4.69) is 38.1 Å². The minimum Gasteiger partial charge on any atom is -0.444 e. The summed E-state index contributed by atoms with van der Waals surface area (Å²) in [5.41, 5.74) is 0.383. The van der Waals surface area contributed by atoms with Gasteiger partial charge in [0.05, 0.1) is 13.2 Å². The Morgan fingerprint density at radius 2 is 2.00 bits per heavy atom. The van der Waals surface area contributed by atoms with E-state index in [0.717, 1.165) is 57.7 Å². The van der Waals surface area contributed by atoms with Crippen LogP contribution in [0, 0.1) is 5.41 Å². The summed E-state index contributed by atoms with van der Waals surface area (Å²) in [4.78, 5) is 34.9. The van der Waals surface area contributed by atoms with Crippen LogP contribution in [0.5, 0.6) is 0 Å². The van der Waals surface area contributed by atoms with E-state index in [0.29, 0.717) is 16.8 Å². The van der Waals surface area contributed by atoms with E-state index < -0.39 is 17.7 Å². The number of anilines is 1. The van der Waals surface area contributed by atoms with Crippen molar-refractivity contribution < 1.29 is 19.1 Å². The summed E-state index contributed by atoms with van der Waals surface area (Å²) in [6.45, 7) is 12.2. The minimum atomic E-state index is -0.606. The first kappa shape index (κ1) is 24.4. The Morgan fingerprint density at radius 3 is 2.70 bits per heavy atom. The molecule has 33 heavy (non-hydrogen) atoms. The Bertz CT molecular complexity index is 899. The van der Waals surface area contributed by atoms with Crippen LogP contribution in [-0.2, 0) is 20.7 Å². The molecule has 0 unspecified atom stereocenters. The fraction of sp³-hybridized carbons (Fsp3) is 0.708. The number of hydrogen-bond acceptors (Lipinski definition) is 6. The fourth-order valence-corrected chi connectivity index (χ4v) is 5.18. The molecule has 0 radical (unpaired) electrons. The molecular weight excluding hydrogens is 488 g/mol. The van der Waals surface area contributed by atoms with E-state index in [1.165, 1.54) is 0 Å². The largest absolute Gasteiger partial charge is 0.444 e. The van der Waals surface area contributed by atoms with E-state index in [-0.39, 0.29) is 17.4 Å². The van der Waals surface area contributed by atoms with Crippen LogP contribution in [0.1, 0.15) is 52.5 Å². The smallest absolute Gasteiger partial charge is 0.411 e. The number of nitrogens with zero attached hydrogens (tertiary/aromatic N) is 3. The van der Waals surface area contributed by atoms with Crippen LogP contribution in [0.3, 0.4) is 0 Å². The van der Waals surface area contributed by atoms with E-state index in [1.807, 2.05) is 32.9 Å². The normalized spacial score (nSPS) is 27.2. The predicted molar refractivity (Wildman–Crippen MR) is 129 cm³/mol. The second-order valence-corrected chi connectivity index (χ2v) is 11.5. The van der Waals surface area contributed by atoms with Gasteiger partial charge in [-0.3, -0.25) is 14.6 Å². The number of pyridine rings is 1. The molecule has 9 heteroatoms. The number of piperidine rings is 1. The topological polar surface area (TPSA) is 84.0 Å². The number of amides is 2. The second kappa shape index (κ2) is 9.50. The summed E-state index contributed by atoms with van der Waals surface area (Å²) in [5, 5.41) is 3.02. The van der Waals surface area contributed by atoms with Crippen LogP contribution in [0.15, 0.2) is 16.7 Å². The Hall–Kier alpha value is -1.71. The summed E-state index contributed by atoms with van der Waals surface area (Å²) < 4.78 is 11.7. The maximum Gasteiger partial charge on any atom is 0.411 e. The van der Waals surface area contributed by atoms with Gasteiger partial charge in [0, 0.05) is 19.1 Å². The fourth-order valence-electron chi connectivity index (χ4n) is 4.87. The van der Waals surface area contributed by atoms with Crippen LogP contribution in [0.2, 0.25) is 0 Å². The van der Waals surface area contributed by atoms with Crippen molar-refractivity contribution in [1.29, 1.82) is 0 Å². The first-order chi connectivity index (χ1) is 15.6. The van der Waals surface area contributed by atoms with Gasteiger partial charge in [0.25, 0.3) is 0 Å².